The zero-order chi connectivity index (χ0) is 11.8. The highest BCUT2D eigenvalue weighted by atomic mass is 16.5. The average molecular weight is 222 g/mol. The van der Waals surface area contributed by atoms with E-state index in [0.717, 1.165) is 11.3 Å². The van der Waals surface area contributed by atoms with Crippen LogP contribution in [0.25, 0.3) is 0 Å². The van der Waals surface area contributed by atoms with E-state index in [0.29, 0.717) is 25.6 Å². The second-order valence-electron chi connectivity index (χ2n) is 3.22. The molecule has 0 fully saturated rings. The Labute approximate surface area is 96.1 Å². The highest BCUT2D eigenvalue weighted by Crippen LogP contribution is 2.12. The first-order valence-electron chi connectivity index (χ1n) is 5.30. The number of hydrogen-bond donors (Lipinski definition) is 1. The van der Waals surface area contributed by atoms with Crippen molar-refractivity contribution in [2.24, 2.45) is 10.7 Å². The van der Waals surface area contributed by atoms with E-state index in [-0.39, 0.29) is 0 Å². The van der Waals surface area contributed by atoms with Gasteiger partial charge in [-0.05, 0) is 19.1 Å². The van der Waals surface area contributed by atoms with E-state index in [1.165, 1.54) is 0 Å². The number of ether oxygens (including phenoxy) is 2. The van der Waals surface area contributed by atoms with Crippen LogP contribution in [0.5, 0.6) is 5.75 Å². The Morgan fingerprint density at radius 3 is 2.94 bits per heavy atom. The smallest absolute Gasteiger partial charge is 0.125 e. The Bertz CT molecular complexity index is 351. The molecular formula is C12H18N2O2. The lowest BCUT2D eigenvalue weighted by Gasteiger charge is -2.05. The molecule has 0 aliphatic carbocycles. The van der Waals surface area contributed by atoms with Crippen molar-refractivity contribution in [2.75, 3.05) is 26.9 Å². The van der Waals surface area contributed by atoms with Gasteiger partial charge in [0.1, 0.15) is 11.6 Å². The molecule has 0 atom stereocenters. The zero-order valence-corrected chi connectivity index (χ0v) is 9.77. The van der Waals surface area contributed by atoms with Gasteiger partial charge in [-0.3, -0.25) is 4.99 Å². The number of nitrogens with zero attached hydrogens (tertiary/aromatic N) is 1. The summed E-state index contributed by atoms with van der Waals surface area (Å²) in [6, 6.07) is 7.59. The summed E-state index contributed by atoms with van der Waals surface area (Å²) in [5.41, 5.74) is 6.72. The van der Waals surface area contributed by atoms with Crippen molar-refractivity contribution in [3.05, 3.63) is 29.8 Å². The minimum Gasteiger partial charge on any atom is -0.494 e. The minimum absolute atomic E-state index is 0.513. The Kier molecular flexibility index (Phi) is 5.36. The van der Waals surface area contributed by atoms with E-state index in [1.54, 1.807) is 7.11 Å². The van der Waals surface area contributed by atoms with Crippen LogP contribution < -0.4 is 10.5 Å². The molecule has 88 valence electrons. The summed E-state index contributed by atoms with van der Waals surface area (Å²) in [4.78, 5) is 4.20. The van der Waals surface area contributed by atoms with Crippen LogP contribution >= 0.6 is 0 Å². The lowest BCUT2D eigenvalue weighted by atomic mass is 10.2. The van der Waals surface area contributed by atoms with Crippen molar-refractivity contribution in [2.45, 2.75) is 6.92 Å². The average Bonchev–Trinajstić information content (AvgIpc) is 2.30. The van der Waals surface area contributed by atoms with Crippen molar-refractivity contribution < 1.29 is 9.47 Å². The molecule has 2 N–H and O–H groups in total. The van der Waals surface area contributed by atoms with Crippen molar-refractivity contribution in [3.63, 3.8) is 0 Å². The zero-order valence-electron chi connectivity index (χ0n) is 9.77. The number of hydrogen-bond acceptors (Lipinski definition) is 3. The maximum Gasteiger partial charge on any atom is 0.125 e. The molecule has 16 heavy (non-hydrogen) atoms. The summed E-state index contributed by atoms with van der Waals surface area (Å²) in [7, 11) is 1.64. The van der Waals surface area contributed by atoms with Gasteiger partial charge in [0.05, 0.1) is 19.8 Å². The lowest BCUT2D eigenvalue weighted by molar-refractivity contribution is 0.208. The normalized spacial score (nSPS) is 11.5. The largest absolute Gasteiger partial charge is 0.494 e. The predicted molar refractivity (Wildman–Crippen MR) is 65.1 cm³/mol. The quantitative estimate of drug-likeness (QED) is 0.450. The Hall–Kier alpha value is -1.55. The number of aliphatic imine (C=N–C) groups is 1. The third-order valence-electron chi connectivity index (χ3n) is 2.02. The molecule has 4 nitrogen and oxygen atoms in total. The van der Waals surface area contributed by atoms with Crippen molar-refractivity contribution >= 4 is 5.84 Å². The van der Waals surface area contributed by atoms with Crippen LogP contribution in [0.3, 0.4) is 0 Å². The third kappa shape index (κ3) is 3.90. The maximum absolute atomic E-state index is 5.84. The van der Waals surface area contributed by atoms with Crippen LogP contribution in [0.15, 0.2) is 29.3 Å². The molecule has 0 aromatic heterocycles. The van der Waals surface area contributed by atoms with E-state index in [9.17, 15) is 0 Å². The molecule has 1 rings (SSSR count). The molecular weight excluding hydrogens is 204 g/mol. The van der Waals surface area contributed by atoms with Gasteiger partial charge in [0.25, 0.3) is 0 Å². The van der Waals surface area contributed by atoms with Crippen molar-refractivity contribution in [3.8, 4) is 5.75 Å². The Morgan fingerprint density at radius 2 is 2.25 bits per heavy atom. The Balaban J connectivity index is 2.70. The van der Waals surface area contributed by atoms with Gasteiger partial charge >= 0.3 is 0 Å². The van der Waals surface area contributed by atoms with Crippen LogP contribution in [0.2, 0.25) is 0 Å². The molecule has 0 unspecified atom stereocenters. The standard InChI is InChI=1S/C12H18N2O2/c1-3-16-11-6-4-5-10(9-11)12(13)14-7-8-15-2/h4-6,9H,3,7-8H2,1-2H3,(H2,13,14). The number of nitrogens with two attached hydrogens (primary N) is 1. The van der Waals surface area contributed by atoms with E-state index >= 15 is 0 Å². The topological polar surface area (TPSA) is 56.8 Å². The van der Waals surface area contributed by atoms with Gasteiger partial charge in [0.2, 0.25) is 0 Å². The predicted octanol–water partition coefficient (Wildman–Crippen LogP) is 1.44. The molecule has 0 aliphatic heterocycles. The van der Waals surface area contributed by atoms with Crippen molar-refractivity contribution in [1.82, 2.24) is 0 Å². The van der Waals surface area contributed by atoms with Gasteiger partial charge < -0.3 is 15.2 Å². The highest BCUT2D eigenvalue weighted by Gasteiger charge is 2.00. The second kappa shape index (κ2) is 6.85. The summed E-state index contributed by atoms with van der Waals surface area (Å²) in [6.07, 6.45) is 0. The van der Waals surface area contributed by atoms with Gasteiger partial charge in [0, 0.05) is 12.7 Å². The maximum atomic E-state index is 5.84. The Morgan fingerprint density at radius 1 is 1.44 bits per heavy atom. The van der Waals surface area contributed by atoms with Crippen LogP contribution in [0.4, 0.5) is 0 Å². The molecule has 0 spiro atoms. The molecule has 4 heteroatoms. The fraction of sp³-hybridized carbons (Fsp3) is 0.417. The van der Waals surface area contributed by atoms with Crippen LogP contribution in [0, 0.1) is 0 Å². The second-order valence-corrected chi connectivity index (χ2v) is 3.22. The fourth-order valence-electron chi connectivity index (χ4n) is 1.26. The summed E-state index contributed by atoms with van der Waals surface area (Å²) >= 11 is 0. The number of benzene rings is 1. The van der Waals surface area contributed by atoms with Gasteiger partial charge in [-0.25, -0.2) is 0 Å². The fourth-order valence-corrected chi connectivity index (χ4v) is 1.26. The molecule has 1 aromatic rings. The molecule has 0 saturated heterocycles. The minimum atomic E-state index is 0.513. The van der Waals surface area contributed by atoms with E-state index in [2.05, 4.69) is 4.99 Å². The van der Waals surface area contributed by atoms with Gasteiger partial charge in [-0.2, -0.15) is 0 Å². The molecule has 0 aliphatic rings. The molecule has 0 saturated carbocycles. The van der Waals surface area contributed by atoms with Crippen LogP contribution in [-0.2, 0) is 4.74 Å². The summed E-state index contributed by atoms with van der Waals surface area (Å²) in [6.45, 7) is 3.74. The number of amidine groups is 1. The van der Waals surface area contributed by atoms with E-state index < -0.39 is 0 Å². The van der Waals surface area contributed by atoms with Gasteiger partial charge in [-0.15, -0.1) is 0 Å². The van der Waals surface area contributed by atoms with E-state index in [4.69, 9.17) is 15.2 Å². The first kappa shape index (κ1) is 12.5. The van der Waals surface area contributed by atoms with Gasteiger partial charge in [0.15, 0.2) is 0 Å². The summed E-state index contributed by atoms with van der Waals surface area (Å²) in [5.74, 6) is 1.32. The third-order valence-corrected chi connectivity index (χ3v) is 2.02. The van der Waals surface area contributed by atoms with Gasteiger partial charge in [-0.1, -0.05) is 12.1 Å². The number of methoxy groups -OCH3 is 1. The SMILES string of the molecule is CCOc1cccc(C(N)=NCCOC)c1. The highest BCUT2D eigenvalue weighted by molar-refractivity contribution is 5.97. The first-order valence-corrected chi connectivity index (χ1v) is 5.30. The molecule has 0 heterocycles. The van der Waals surface area contributed by atoms with Crippen molar-refractivity contribution in [1.29, 1.82) is 0 Å². The first-order chi connectivity index (χ1) is 7.77. The van der Waals surface area contributed by atoms with E-state index in [1.807, 2.05) is 31.2 Å². The molecule has 0 amide bonds. The molecule has 0 bridgehead atoms. The lowest BCUT2D eigenvalue weighted by Crippen LogP contribution is -2.15. The summed E-state index contributed by atoms with van der Waals surface area (Å²) < 4.78 is 10.3. The number of rotatable bonds is 6. The van der Waals surface area contributed by atoms with Crippen LogP contribution in [-0.4, -0.2) is 32.7 Å². The monoisotopic (exact) mass is 222 g/mol. The van der Waals surface area contributed by atoms with Crippen LogP contribution in [0.1, 0.15) is 12.5 Å². The molecule has 0 radical (unpaired) electrons. The summed E-state index contributed by atoms with van der Waals surface area (Å²) in [5, 5.41) is 0. The molecule has 1 aromatic carbocycles.